The number of aryl methyl sites for hydroxylation is 1. The van der Waals surface area contributed by atoms with Crippen LogP contribution in [-0.4, -0.2) is 9.97 Å². The topological polar surface area (TPSA) is 51.8 Å². The lowest BCUT2D eigenvalue weighted by atomic mass is 10.2. The lowest BCUT2D eigenvalue weighted by Gasteiger charge is -2.03. The highest BCUT2D eigenvalue weighted by atomic mass is 35.5. The lowest BCUT2D eigenvalue weighted by molar-refractivity contribution is 0.932. The zero-order chi connectivity index (χ0) is 12.3. The van der Waals surface area contributed by atoms with Crippen molar-refractivity contribution in [3.63, 3.8) is 0 Å². The highest BCUT2D eigenvalue weighted by Gasteiger charge is 2.02. The normalized spacial score (nSPS) is 10.5. The van der Waals surface area contributed by atoms with Crippen molar-refractivity contribution < 1.29 is 0 Å². The number of benzene rings is 1. The number of hydrogen-bond acceptors (Lipinski definition) is 4. The maximum Gasteiger partial charge on any atom is 0.188 e. The summed E-state index contributed by atoms with van der Waals surface area (Å²) in [7, 11) is 0. The third-order valence-corrected chi connectivity index (χ3v) is 3.48. The van der Waals surface area contributed by atoms with Crippen LogP contribution in [0.2, 0.25) is 5.02 Å². The molecule has 3 nitrogen and oxygen atoms in total. The summed E-state index contributed by atoms with van der Waals surface area (Å²) in [5, 5.41) is 1.36. The molecule has 0 bridgehead atoms. The summed E-state index contributed by atoms with van der Waals surface area (Å²) in [6.07, 6.45) is 1.76. The van der Waals surface area contributed by atoms with Gasteiger partial charge >= 0.3 is 0 Å². The van der Waals surface area contributed by atoms with Crippen LogP contribution < -0.4 is 5.73 Å². The van der Waals surface area contributed by atoms with Gasteiger partial charge in [0.15, 0.2) is 5.16 Å². The molecule has 17 heavy (non-hydrogen) atoms. The van der Waals surface area contributed by atoms with Crippen LogP contribution in [-0.2, 0) is 5.75 Å². The van der Waals surface area contributed by atoms with Crippen molar-refractivity contribution in [1.82, 2.24) is 9.97 Å². The molecule has 1 aromatic carbocycles. The van der Waals surface area contributed by atoms with Crippen molar-refractivity contribution in [3.8, 4) is 0 Å². The molecule has 0 unspecified atom stereocenters. The van der Waals surface area contributed by atoms with E-state index in [9.17, 15) is 0 Å². The molecule has 0 spiro atoms. The molecule has 0 fully saturated rings. The van der Waals surface area contributed by atoms with Gasteiger partial charge in [-0.25, -0.2) is 9.97 Å². The van der Waals surface area contributed by atoms with Gasteiger partial charge in [0.25, 0.3) is 0 Å². The van der Waals surface area contributed by atoms with Gasteiger partial charge in [-0.05, 0) is 30.7 Å². The van der Waals surface area contributed by atoms with Gasteiger partial charge in [-0.15, -0.1) is 0 Å². The largest absolute Gasteiger partial charge is 0.398 e. The molecule has 0 radical (unpaired) electrons. The molecule has 5 heteroatoms. The summed E-state index contributed by atoms with van der Waals surface area (Å²) < 4.78 is 0. The van der Waals surface area contributed by atoms with Gasteiger partial charge in [0.05, 0.1) is 10.7 Å². The number of nitrogen functional groups attached to an aromatic ring is 1. The highest BCUT2D eigenvalue weighted by Crippen LogP contribution is 2.24. The zero-order valence-corrected chi connectivity index (χ0v) is 10.9. The molecule has 88 valence electrons. The first-order chi connectivity index (χ1) is 8.15. The summed E-state index contributed by atoms with van der Waals surface area (Å²) in [4.78, 5) is 8.51. The molecule has 0 amide bonds. The van der Waals surface area contributed by atoms with Crippen LogP contribution in [0, 0.1) is 6.92 Å². The van der Waals surface area contributed by atoms with E-state index in [-0.39, 0.29) is 0 Å². The SMILES string of the molecule is Cc1ccnc(SCc2ccc(Cl)c(N)c2)n1. The van der Waals surface area contributed by atoms with Crippen molar-refractivity contribution in [2.45, 2.75) is 17.8 Å². The molecular weight excluding hydrogens is 254 g/mol. The Morgan fingerprint density at radius 1 is 1.35 bits per heavy atom. The van der Waals surface area contributed by atoms with E-state index in [0.29, 0.717) is 10.7 Å². The second-order valence-corrected chi connectivity index (χ2v) is 4.97. The number of nitrogens with zero attached hydrogens (tertiary/aromatic N) is 2. The molecule has 1 heterocycles. The van der Waals surface area contributed by atoms with E-state index in [2.05, 4.69) is 9.97 Å². The summed E-state index contributed by atoms with van der Waals surface area (Å²) in [5.74, 6) is 0.783. The second-order valence-electron chi connectivity index (χ2n) is 3.63. The summed E-state index contributed by atoms with van der Waals surface area (Å²) in [6, 6.07) is 7.53. The van der Waals surface area contributed by atoms with Crippen molar-refractivity contribution >= 4 is 29.1 Å². The Bertz CT molecular complexity index is 531. The number of rotatable bonds is 3. The fourth-order valence-corrected chi connectivity index (χ4v) is 2.26. The maximum absolute atomic E-state index is 5.86. The molecule has 0 saturated heterocycles. The smallest absolute Gasteiger partial charge is 0.188 e. The van der Waals surface area contributed by atoms with Gasteiger partial charge in [0.1, 0.15) is 0 Å². The fraction of sp³-hybridized carbons (Fsp3) is 0.167. The van der Waals surface area contributed by atoms with Gasteiger partial charge in [-0.2, -0.15) is 0 Å². The van der Waals surface area contributed by atoms with Crippen LogP contribution in [0.5, 0.6) is 0 Å². The fourth-order valence-electron chi connectivity index (χ4n) is 1.33. The van der Waals surface area contributed by atoms with Crippen molar-refractivity contribution in [2.24, 2.45) is 0 Å². The van der Waals surface area contributed by atoms with E-state index >= 15 is 0 Å². The summed E-state index contributed by atoms with van der Waals surface area (Å²) in [6.45, 7) is 1.95. The van der Waals surface area contributed by atoms with Crippen LogP contribution in [0.25, 0.3) is 0 Å². The third kappa shape index (κ3) is 3.35. The number of hydrogen-bond donors (Lipinski definition) is 1. The second kappa shape index (κ2) is 5.38. The summed E-state index contributed by atoms with van der Waals surface area (Å²) in [5.41, 5.74) is 8.43. The Labute approximate surface area is 109 Å². The average Bonchev–Trinajstić information content (AvgIpc) is 2.31. The Balaban J connectivity index is 2.05. The van der Waals surface area contributed by atoms with Gasteiger partial charge in [0, 0.05) is 17.6 Å². The first-order valence-electron chi connectivity index (χ1n) is 5.11. The minimum absolute atomic E-state index is 0.588. The van der Waals surface area contributed by atoms with Crippen LogP contribution in [0.1, 0.15) is 11.3 Å². The van der Waals surface area contributed by atoms with Crippen LogP contribution >= 0.6 is 23.4 Å². The Morgan fingerprint density at radius 2 is 2.18 bits per heavy atom. The van der Waals surface area contributed by atoms with Crippen molar-refractivity contribution in [3.05, 3.63) is 46.7 Å². The number of aromatic nitrogens is 2. The summed E-state index contributed by atoms with van der Waals surface area (Å²) >= 11 is 7.44. The third-order valence-electron chi connectivity index (χ3n) is 2.20. The van der Waals surface area contributed by atoms with E-state index in [0.717, 1.165) is 22.2 Å². The molecule has 0 atom stereocenters. The van der Waals surface area contributed by atoms with E-state index < -0.39 is 0 Å². The van der Waals surface area contributed by atoms with Crippen LogP contribution in [0.15, 0.2) is 35.6 Å². The number of anilines is 1. The van der Waals surface area contributed by atoms with Crippen LogP contribution in [0.4, 0.5) is 5.69 Å². The van der Waals surface area contributed by atoms with E-state index in [1.54, 1.807) is 18.0 Å². The molecule has 2 aromatic rings. The van der Waals surface area contributed by atoms with Gasteiger partial charge in [-0.1, -0.05) is 29.4 Å². The Hall–Kier alpha value is -1.26. The molecule has 0 saturated carbocycles. The maximum atomic E-state index is 5.86. The van der Waals surface area contributed by atoms with Gasteiger partial charge < -0.3 is 5.73 Å². The zero-order valence-electron chi connectivity index (χ0n) is 9.35. The Morgan fingerprint density at radius 3 is 2.88 bits per heavy atom. The minimum Gasteiger partial charge on any atom is -0.398 e. The van der Waals surface area contributed by atoms with Crippen molar-refractivity contribution in [2.75, 3.05) is 5.73 Å². The monoisotopic (exact) mass is 265 g/mol. The molecule has 2 rings (SSSR count). The Kier molecular flexibility index (Phi) is 3.86. The molecule has 2 N–H and O–H groups in total. The molecule has 0 aliphatic carbocycles. The molecule has 0 aliphatic rings. The van der Waals surface area contributed by atoms with E-state index in [4.69, 9.17) is 17.3 Å². The van der Waals surface area contributed by atoms with Crippen LogP contribution in [0.3, 0.4) is 0 Å². The first-order valence-corrected chi connectivity index (χ1v) is 6.48. The van der Waals surface area contributed by atoms with E-state index in [1.165, 1.54) is 0 Å². The van der Waals surface area contributed by atoms with E-state index in [1.807, 2.05) is 31.2 Å². The number of nitrogens with two attached hydrogens (primary N) is 1. The molecular formula is C12H12ClN3S. The first kappa shape index (κ1) is 12.2. The predicted octanol–water partition coefficient (Wildman–Crippen LogP) is 3.31. The molecule has 0 aliphatic heterocycles. The number of halogens is 1. The molecule has 1 aromatic heterocycles. The lowest BCUT2D eigenvalue weighted by Crippen LogP contribution is -1.91. The number of thioether (sulfide) groups is 1. The predicted molar refractivity (Wildman–Crippen MR) is 72.2 cm³/mol. The van der Waals surface area contributed by atoms with Gasteiger partial charge in [-0.3, -0.25) is 0 Å². The minimum atomic E-state index is 0.588. The average molecular weight is 266 g/mol. The quantitative estimate of drug-likeness (QED) is 0.526. The van der Waals surface area contributed by atoms with Crippen molar-refractivity contribution in [1.29, 1.82) is 0 Å². The standard InChI is InChI=1S/C12H12ClN3S/c1-8-4-5-15-12(16-8)17-7-9-2-3-10(13)11(14)6-9/h2-6H,7,14H2,1H3. The highest BCUT2D eigenvalue weighted by molar-refractivity contribution is 7.98. The van der Waals surface area contributed by atoms with Gasteiger partial charge in [0.2, 0.25) is 0 Å².